The smallest absolute Gasteiger partial charge is 0.341 e. The first kappa shape index (κ1) is 25.6. The monoisotopic (exact) mass is 440 g/mol. The number of aromatic nitrogens is 4. The third-order valence-corrected chi connectivity index (χ3v) is 5.42. The van der Waals surface area contributed by atoms with Crippen LogP contribution in [0.5, 0.6) is 0 Å². The van der Waals surface area contributed by atoms with Crippen LogP contribution in [0.15, 0.2) is 30.9 Å². The van der Waals surface area contributed by atoms with Gasteiger partial charge in [0.15, 0.2) is 0 Å². The molecule has 0 fully saturated rings. The van der Waals surface area contributed by atoms with Crippen LogP contribution in [0.1, 0.15) is 106 Å². The van der Waals surface area contributed by atoms with Gasteiger partial charge in [0.1, 0.15) is 17.4 Å². The van der Waals surface area contributed by atoms with Gasteiger partial charge in [-0.3, -0.25) is 4.79 Å². The molecule has 2 aromatic heterocycles. The number of carbonyl (C=O) groups is 2. The highest BCUT2D eigenvalue weighted by atomic mass is 16.5. The van der Waals surface area contributed by atoms with Crippen LogP contribution < -0.4 is 0 Å². The molecule has 2 rings (SSSR count). The van der Waals surface area contributed by atoms with E-state index in [4.69, 9.17) is 4.74 Å². The van der Waals surface area contributed by atoms with Crippen LogP contribution in [-0.4, -0.2) is 38.3 Å². The van der Waals surface area contributed by atoms with Crippen LogP contribution in [0.25, 0.3) is 0 Å². The Morgan fingerprint density at radius 3 is 2.25 bits per heavy atom. The summed E-state index contributed by atoms with van der Waals surface area (Å²) in [6.45, 7) is 4.26. The molecule has 7 heteroatoms. The molecule has 0 aliphatic heterocycles. The van der Waals surface area contributed by atoms with E-state index in [1.807, 2.05) is 0 Å². The molecule has 0 aliphatic rings. The highest BCUT2D eigenvalue weighted by Gasteiger charge is 2.23. The minimum Gasteiger partial charge on any atom is -0.462 e. The molecule has 7 nitrogen and oxygen atoms in total. The summed E-state index contributed by atoms with van der Waals surface area (Å²) < 4.78 is 4.99. The first-order chi connectivity index (χ1) is 15.7. The predicted molar refractivity (Wildman–Crippen MR) is 123 cm³/mol. The number of hydrogen-bond acceptors (Lipinski definition) is 7. The van der Waals surface area contributed by atoms with Crippen molar-refractivity contribution in [3.05, 3.63) is 48.1 Å². The second-order valence-corrected chi connectivity index (χ2v) is 8.00. The largest absolute Gasteiger partial charge is 0.462 e. The standard InChI is InChI=1S/C25H36N4O3/c1-3-5-6-7-8-9-13-21(24-28-18-20(19-29-24)25(31)32-4-2)22(30)14-10-11-15-23-26-16-12-17-27-23/h12,16-19,21H,3-11,13-15H2,1-2H3. The van der Waals surface area contributed by atoms with E-state index < -0.39 is 5.97 Å². The quantitative estimate of drug-likeness (QED) is 0.259. The van der Waals surface area contributed by atoms with Crippen molar-refractivity contribution in [2.45, 2.75) is 90.4 Å². The summed E-state index contributed by atoms with van der Waals surface area (Å²) in [7, 11) is 0. The summed E-state index contributed by atoms with van der Waals surface area (Å²) in [6, 6.07) is 1.80. The topological polar surface area (TPSA) is 94.9 Å². The molecule has 2 heterocycles. The molecule has 0 amide bonds. The third-order valence-electron chi connectivity index (χ3n) is 5.42. The van der Waals surface area contributed by atoms with Gasteiger partial charge in [-0.25, -0.2) is 24.7 Å². The fourth-order valence-corrected chi connectivity index (χ4v) is 3.62. The zero-order valence-corrected chi connectivity index (χ0v) is 19.5. The van der Waals surface area contributed by atoms with Gasteiger partial charge < -0.3 is 4.74 Å². The summed E-state index contributed by atoms with van der Waals surface area (Å²) in [5.41, 5.74) is 0.309. The number of Topliss-reactive ketones (excluding diaryl/α,β-unsaturated/α-hetero) is 1. The van der Waals surface area contributed by atoms with E-state index in [1.54, 1.807) is 25.4 Å². The Morgan fingerprint density at radius 2 is 1.56 bits per heavy atom. The first-order valence-electron chi connectivity index (χ1n) is 11.9. The molecule has 1 atom stereocenters. The van der Waals surface area contributed by atoms with Gasteiger partial charge in [-0.05, 0) is 32.3 Å². The molecule has 0 radical (unpaired) electrons. The second kappa shape index (κ2) is 15.2. The average molecular weight is 441 g/mol. The van der Waals surface area contributed by atoms with Gasteiger partial charge in [0.05, 0.1) is 18.1 Å². The van der Waals surface area contributed by atoms with Crippen LogP contribution in [0.4, 0.5) is 0 Å². The van der Waals surface area contributed by atoms with Crippen LogP contribution in [-0.2, 0) is 16.0 Å². The number of esters is 1. The van der Waals surface area contributed by atoms with Crippen molar-refractivity contribution in [3.63, 3.8) is 0 Å². The highest BCUT2D eigenvalue weighted by Crippen LogP contribution is 2.24. The summed E-state index contributed by atoms with van der Waals surface area (Å²) in [5.74, 6) is 0.701. The minimum atomic E-state index is -0.444. The van der Waals surface area contributed by atoms with Gasteiger partial charge in [-0.2, -0.15) is 0 Å². The maximum atomic E-state index is 13.0. The van der Waals surface area contributed by atoms with Crippen LogP contribution >= 0.6 is 0 Å². The van der Waals surface area contributed by atoms with Crippen LogP contribution in [0, 0.1) is 0 Å². The predicted octanol–water partition coefficient (Wildman–Crippen LogP) is 5.26. The molecule has 1 unspecified atom stereocenters. The fourth-order valence-electron chi connectivity index (χ4n) is 3.62. The van der Waals surface area contributed by atoms with Crippen molar-refractivity contribution in [3.8, 4) is 0 Å². The Hall–Kier alpha value is -2.70. The number of rotatable bonds is 16. The van der Waals surface area contributed by atoms with Gasteiger partial charge in [-0.15, -0.1) is 0 Å². The van der Waals surface area contributed by atoms with Crippen molar-refractivity contribution < 1.29 is 14.3 Å². The van der Waals surface area contributed by atoms with Gasteiger partial charge in [0, 0.05) is 37.6 Å². The van der Waals surface area contributed by atoms with Crippen molar-refractivity contribution in [1.82, 2.24) is 19.9 Å². The zero-order chi connectivity index (χ0) is 23.0. The lowest BCUT2D eigenvalue weighted by atomic mass is 9.92. The first-order valence-corrected chi connectivity index (χ1v) is 11.9. The molecular weight excluding hydrogens is 404 g/mol. The molecule has 0 saturated carbocycles. The molecule has 32 heavy (non-hydrogen) atoms. The summed E-state index contributed by atoms with van der Waals surface area (Å²) >= 11 is 0. The van der Waals surface area contributed by atoms with Gasteiger partial charge in [-0.1, -0.05) is 45.4 Å². The van der Waals surface area contributed by atoms with E-state index in [0.717, 1.165) is 44.3 Å². The molecule has 0 spiro atoms. The number of ketones is 1. The Bertz CT molecular complexity index is 797. The Labute approximate surface area is 191 Å². The average Bonchev–Trinajstić information content (AvgIpc) is 2.82. The van der Waals surface area contributed by atoms with Gasteiger partial charge in [0.25, 0.3) is 0 Å². The number of hydrogen-bond donors (Lipinski definition) is 0. The summed E-state index contributed by atoms with van der Waals surface area (Å²) in [6.07, 6.45) is 17.0. The van der Waals surface area contributed by atoms with Crippen LogP contribution in [0.2, 0.25) is 0 Å². The lowest BCUT2D eigenvalue weighted by Crippen LogP contribution is -2.17. The van der Waals surface area contributed by atoms with Crippen molar-refractivity contribution in [1.29, 1.82) is 0 Å². The van der Waals surface area contributed by atoms with E-state index in [9.17, 15) is 9.59 Å². The Kier molecular flexibility index (Phi) is 12.1. The maximum Gasteiger partial charge on any atom is 0.341 e. The SMILES string of the molecule is CCCCCCCCC(C(=O)CCCCc1ncccn1)c1ncc(C(=O)OCC)cn1. The number of aryl methyl sites for hydroxylation is 1. The van der Waals surface area contributed by atoms with Gasteiger partial charge in [0.2, 0.25) is 0 Å². The van der Waals surface area contributed by atoms with Crippen LogP contribution in [0.3, 0.4) is 0 Å². The molecule has 0 aliphatic carbocycles. The van der Waals surface area contributed by atoms with E-state index in [1.165, 1.54) is 38.1 Å². The molecule has 2 aromatic rings. The molecule has 0 aromatic carbocycles. The number of carbonyl (C=O) groups excluding carboxylic acids is 2. The molecule has 174 valence electrons. The molecule has 0 saturated heterocycles. The minimum absolute atomic E-state index is 0.163. The number of nitrogens with zero attached hydrogens (tertiary/aromatic N) is 4. The van der Waals surface area contributed by atoms with E-state index in [0.29, 0.717) is 24.4 Å². The Morgan fingerprint density at radius 1 is 0.875 bits per heavy atom. The molecular formula is C25H36N4O3. The van der Waals surface area contributed by atoms with E-state index >= 15 is 0 Å². The molecule has 0 bridgehead atoms. The number of unbranched alkanes of at least 4 members (excludes halogenated alkanes) is 6. The lowest BCUT2D eigenvalue weighted by molar-refractivity contribution is -0.121. The summed E-state index contributed by atoms with van der Waals surface area (Å²) in [5, 5.41) is 0. The van der Waals surface area contributed by atoms with Crippen molar-refractivity contribution in [2.75, 3.05) is 6.61 Å². The maximum absolute atomic E-state index is 13.0. The third kappa shape index (κ3) is 9.20. The highest BCUT2D eigenvalue weighted by molar-refractivity contribution is 5.89. The Balaban J connectivity index is 1.93. The van der Waals surface area contributed by atoms with Gasteiger partial charge >= 0.3 is 5.97 Å². The summed E-state index contributed by atoms with van der Waals surface area (Å²) in [4.78, 5) is 42.1. The van der Waals surface area contributed by atoms with Crippen molar-refractivity contribution in [2.24, 2.45) is 0 Å². The lowest BCUT2D eigenvalue weighted by Gasteiger charge is -2.15. The molecule has 0 N–H and O–H groups in total. The normalized spacial score (nSPS) is 11.8. The van der Waals surface area contributed by atoms with E-state index in [2.05, 4.69) is 26.9 Å². The van der Waals surface area contributed by atoms with Crippen molar-refractivity contribution >= 4 is 11.8 Å². The van der Waals surface area contributed by atoms with E-state index in [-0.39, 0.29) is 11.7 Å². The number of ether oxygens (including phenoxy) is 1. The zero-order valence-electron chi connectivity index (χ0n) is 19.5. The fraction of sp³-hybridized carbons (Fsp3) is 0.600. The second-order valence-electron chi connectivity index (χ2n) is 8.00.